The van der Waals surface area contributed by atoms with Crippen LogP contribution in [0.1, 0.15) is 37.7 Å². The Morgan fingerprint density at radius 1 is 1.00 bits per heavy atom. The van der Waals surface area contributed by atoms with E-state index in [1.807, 2.05) is 48.5 Å². The number of methoxy groups -OCH3 is 1. The van der Waals surface area contributed by atoms with E-state index in [-0.39, 0.29) is 11.8 Å². The lowest BCUT2D eigenvalue weighted by molar-refractivity contribution is -0.121. The first-order valence-electron chi connectivity index (χ1n) is 10.2. The number of amides is 2. The Labute approximate surface area is 172 Å². The minimum absolute atomic E-state index is 0.0596. The summed E-state index contributed by atoms with van der Waals surface area (Å²) in [4.78, 5) is 26.5. The van der Waals surface area contributed by atoms with E-state index < -0.39 is 0 Å². The standard InChI is InChI=1S/C23H29N3O3/c1-29-21-7-4-6-18(16-21)17-24-22(27)8-5-9-23(28)25-19-10-12-20(13-11-19)26-14-2-3-15-26/h4,6-7,10-13,16H,2-3,5,8-9,14-15,17H2,1H3,(H,24,27)(H,25,28). The summed E-state index contributed by atoms with van der Waals surface area (Å²) in [5, 5.41) is 5.78. The van der Waals surface area contributed by atoms with Gasteiger partial charge in [0.25, 0.3) is 0 Å². The molecule has 2 N–H and O–H groups in total. The predicted molar refractivity (Wildman–Crippen MR) is 115 cm³/mol. The Balaban J connectivity index is 1.34. The maximum absolute atomic E-state index is 12.1. The molecule has 0 spiro atoms. The van der Waals surface area contributed by atoms with Gasteiger partial charge in [-0.15, -0.1) is 0 Å². The summed E-state index contributed by atoms with van der Waals surface area (Å²) in [5.74, 6) is 0.636. The second-order valence-corrected chi connectivity index (χ2v) is 7.27. The van der Waals surface area contributed by atoms with Gasteiger partial charge in [0, 0.05) is 43.9 Å². The van der Waals surface area contributed by atoms with Gasteiger partial charge in [0.1, 0.15) is 5.75 Å². The van der Waals surface area contributed by atoms with Crippen molar-refractivity contribution in [3.8, 4) is 5.75 Å². The lowest BCUT2D eigenvalue weighted by Gasteiger charge is -2.17. The number of carbonyl (C=O) groups is 2. The molecule has 0 aromatic heterocycles. The third-order valence-corrected chi connectivity index (χ3v) is 5.05. The fourth-order valence-electron chi connectivity index (χ4n) is 3.44. The van der Waals surface area contributed by atoms with Crippen LogP contribution in [0, 0.1) is 0 Å². The van der Waals surface area contributed by atoms with Crippen molar-refractivity contribution in [3.05, 3.63) is 54.1 Å². The van der Waals surface area contributed by atoms with Gasteiger partial charge in [0.05, 0.1) is 7.11 Å². The first-order chi connectivity index (χ1) is 14.1. The summed E-state index contributed by atoms with van der Waals surface area (Å²) in [7, 11) is 1.62. The minimum Gasteiger partial charge on any atom is -0.497 e. The van der Waals surface area contributed by atoms with Crippen molar-refractivity contribution in [2.24, 2.45) is 0 Å². The van der Waals surface area contributed by atoms with Crippen molar-refractivity contribution in [1.29, 1.82) is 0 Å². The topological polar surface area (TPSA) is 70.7 Å². The highest BCUT2D eigenvalue weighted by Gasteiger charge is 2.12. The summed E-state index contributed by atoms with van der Waals surface area (Å²) < 4.78 is 5.17. The van der Waals surface area contributed by atoms with Crippen LogP contribution in [0.3, 0.4) is 0 Å². The molecule has 0 aliphatic carbocycles. The van der Waals surface area contributed by atoms with E-state index in [9.17, 15) is 9.59 Å². The molecule has 0 radical (unpaired) electrons. The van der Waals surface area contributed by atoms with E-state index in [1.54, 1.807) is 7.11 Å². The smallest absolute Gasteiger partial charge is 0.224 e. The number of hydrogen-bond acceptors (Lipinski definition) is 4. The molecule has 3 rings (SSSR count). The summed E-state index contributed by atoms with van der Waals surface area (Å²) in [6.07, 6.45) is 3.64. The summed E-state index contributed by atoms with van der Waals surface area (Å²) >= 11 is 0. The van der Waals surface area contributed by atoms with Crippen molar-refractivity contribution in [2.75, 3.05) is 30.4 Å². The molecule has 0 unspecified atom stereocenters. The van der Waals surface area contributed by atoms with Gasteiger partial charge in [-0.05, 0) is 61.2 Å². The van der Waals surface area contributed by atoms with Crippen LogP contribution in [0.25, 0.3) is 0 Å². The maximum Gasteiger partial charge on any atom is 0.224 e. The van der Waals surface area contributed by atoms with Crippen LogP contribution in [0.2, 0.25) is 0 Å². The predicted octanol–water partition coefficient (Wildman–Crippen LogP) is 3.72. The highest BCUT2D eigenvalue weighted by atomic mass is 16.5. The number of ether oxygens (including phenoxy) is 1. The molecule has 1 aliphatic rings. The number of benzene rings is 2. The van der Waals surface area contributed by atoms with Crippen LogP contribution in [0.15, 0.2) is 48.5 Å². The van der Waals surface area contributed by atoms with Crippen molar-refractivity contribution in [3.63, 3.8) is 0 Å². The molecule has 0 bridgehead atoms. The van der Waals surface area contributed by atoms with Crippen LogP contribution in [0.4, 0.5) is 11.4 Å². The lowest BCUT2D eigenvalue weighted by atomic mass is 10.2. The van der Waals surface area contributed by atoms with Crippen molar-refractivity contribution >= 4 is 23.2 Å². The van der Waals surface area contributed by atoms with Crippen LogP contribution in [-0.4, -0.2) is 32.0 Å². The van der Waals surface area contributed by atoms with Gasteiger partial charge in [0.2, 0.25) is 11.8 Å². The van der Waals surface area contributed by atoms with Crippen molar-refractivity contribution < 1.29 is 14.3 Å². The van der Waals surface area contributed by atoms with Gasteiger partial charge in [-0.1, -0.05) is 12.1 Å². The maximum atomic E-state index is 12.1. The van der Waals surface area contributed by atoms with Gasteiger partial charge in [0.15, 0.2) is 0 Å². The first-order valence-corrected chi connectivity index (χ1v) is 10.2. The average Bonchev–Trinajstić information content (AvgIpc) is 3.28. The third-order valence-electron chi connectivity index (χ3n) is 5.05. The molecule has 0 saturated carbocycles. The van der Waals surface area contributed by atoms with Gasteiger partial charge in [-0.2, -0.15) is 0 Å². The van der Waals surface area contributed by atoms with Crippen LogP contribution in [-0.2, 0) is 16.1 Å². The second-order valence-electron chi connectivity index (χ2n) is 7.27. The molecule has 6 heteroatoms. The molecule has 29 heavy (non-hydrogen) atoms. The summed E-state index contributed by atoms with van der Waals surface area (Å²) in [5.41, 5.74) is 2.97. The number of rotatable bonds is 9. The highest BCUT2D eigenvalue weighted by molar-refractivity contribution is 5.91. The first kappa shape index (κ1) is 20.7. The van der Waals surface area contributed by atoms with Gasteiger partial charge in [-0.3, -0.25) is 9.59 Å². The van der Waals surface area contributed by atoms with E-state index in [1.165, 1.54) is 18.5 Å². The molecule has 1 aliphatic heterocycles. The Hall–Kier alpha value is -3.02. The largest absolute Gasteiger partial charge is 0.497 e. The molecule has 2 aromatic carbocycles. The quantitative estimate of drug-likeness (QED) is 0.679. The van der Waals surface area contributed by atoms with E-state index in [4.69, 9.17) is 4.74 Å². The number of hydrogen-bond donors (Lipinski definition) is 2. The minimum atomic E-state index is -0.0699. The third kappa shape index (κ3) is 6.52. The fraction of sp³-hybridized carbons (Fsp3) is 0.391. The molecule has 1 heterocycles. The zero-order chi connectivity index (χ0) is 20.5. The number of nitrogens with zero attached hydrogens (tertiary/aromatic N) is 1. The average molecular weight is 396 g/mol. The van der Waals surface area contributed by atoms with Gasteiger partial charge >= 0.3 is 0 Å². The molecule has 1 saturated heterocycles. The van der Waals surface area contributed by atoms with Crippen molar-refractivity contribution in [1.82, 2.24) is 5.32 Å². The molecule has 2 amide bonds. The highest BCUT2D eigenvalue weighted by Crippen LogP contribution is 2.22. The Kier molecular flexibility index (Phi) is 7.50. The normalized spacial score (nSPS) is 13.2. The second kappa shape index (κ2) is 10.5. The molecule has 0 atom stereocenters. The Morgan fingerprint density at radius 2 is 1.72 bits per heavy atom. The van der Waals surface area contributed by atoms with Crippen LogP contribution in [0.5, 0.6) is 5.75 Å². The van der Waals surface area contributed by atoms with Crippen molar-refractivity contribution in [2.45, 2.75) is 38.6 Å². The number of nitrogens with one attached hydrogen (secondary N) is 2. The zero-order valence-corrected chi connectivity index (χ0v) is 16.9. The van der Waals surface area contributed by atoms with E-state index >= 15 is 0 Å². The zero-order valence-electron chi connectivity index (χ0n) is 16.9. The lowest BCUT2D eigenvalue weighted by Crippen LogP contribution is -2.23. The van der Waals surface area contributed by atoms with Crippen LogP contribution < -0.4 is 20.3 Å². The number of carbonyl (C=O) groups excluding carboxylic acids is 2. The molecule has 6 nitrogen and oxygen atoms in total. The SMILES string of the molecule is COc1cccc(CNC(=O)CCCC(=O)Nc2ccc(N3CCCC3)cc2)c1. The van der Waals surface area contributed by atoms with Crippen LogP contribution >= 0.6 is 0 Å². The Morgan fingerprint density at radius 3 is 2.45 bits per heavy atom. The Bertz CT molecular complexity index is 814. The monoisotopic (exact) mass is 395 g/mol. The fourth-order valence-corrected chi connectivity index (χ4v) is 3.44. The van der Waals surface area contributed by atoms with E-state index in [0.29, 0.717) is 25.8 Å². The molecule has 2 aromatic rings. The molecular formula is C23H29N3O3. The molecular weight excluding hydrogens is 366 g/mol. The summed E-state index contributed by atoms with van der Waals surface area (Å²) in [6, 6.07) is 15.6. The number of anilines is 2. The molecule has 1 fully saturated rings. The molecule has 154 valence electrons. The van der Waals surface area contributed by atoms with E-state index in [0.717, 1.165) is 30.1 Å². The van der Waals surface area contributed by atoms with E-state index in [2.05, 4.69) is 15.5 Å². The van der Waals surface area contributed by atoms with Gasteiger partial charge < -0.3 is 20.3 Å². The summed E-state index contributed by atoms with van der Waals surface area (Å²) in [6.45, 7) is 2.66. The van der Waals surface area contributed by atoms with Gasteiger partial charge in [-0.25, -0.2) is 0 Å².